The van der Waals surface area contributed by atoms with Crippen LogP contribution in [0.1, 0.15) is 24.5 Å². The van der Waals surface area contributed by atoms with E-state index in [1.807, 2.05) is 0 Å². The number of benzene rings is 1. The Labute approximate surface area is 99.1 Å². The molecule has 0 fully saturated rings. The molecular formula is C11H13BO5. The Bertz CT molecular complexity index is 434. The standard InChI is InChI=1S/C11H13BO5/c1-16-11(14)5-4-10-8-3-2-7(13)6-9(8)12(15)17-10/h2-3,6,10,13,15H,4-5H2,1H3/t10-/m0/s1. The molecule has 0 bridgehead atoms. The fourth-order valence-electron chi connectivity index (χ4n) is 1.95. The van der Waals surface area contributed by atoms with Gasteiger partial charge in [-0.15, -0.1) is 0 Å². The van der Waals surface area contributed by atoms with Gasteiger partial charge in [-0.05, 0) is 29.6 Å². The summed E-state index contributed by atoms with van der Waals surface area (Å²) in [4.78, 5) is 11.0. The molecule has 1 aliphatic rings. The molecule has 0 aromatic heterocycles. The van der Waals surface area contributed by atoms with Gasteiger partial charge in [-0.3, -0.25) is 4.79 Å². The van der Waals surface area contributed by atoms with E-state index in [9.17, 15) is 14.9 Å². The molecular weight excluding hydrogens is 223 g/mol. The highest BCUT2D eigenvalue weighted by Gasteiger charge is 2.35. The molecule has 0 saturated carbocycles. The summed E-state index contributed by atoms with van der Waals surface area (Å²) in [6, 6.07) is 4.70. The van der Waals surface area contributed by atoms with Crippen molar-refractivity contribution in [2.24, 2.45) is 0 Å². The van der Waals surface area contributed by atoms with Crippen molar-refractivity contribution in [3.63, 3.8) is 0 Å². The van der Waals surface area contributed by atoms with Gasteiger partial charge in [0.2, 0.25) is 0 Å². The lowest BCUT2D eigenvalue weighted by molar-refractivity contribution is -0.141. The van der Waals surface area contributed by atoms with E-state index in [1.165, 1.54) is 19.2 Å². The van der Waals surface area contributed by atoms with E-state index in [0.717, 1.165) is 5.56 Å². The number of hydrogen-bond acceptors (Lipinski definition) is 5. The van der Waals surface area contributed by atoms with Crippen LogP contribution in [0.25, 0.3) is 0 Å². The summed E-state index contributed by atoms with van der Waals surface area (Å²) >= 11 is 0. The lowest BCUT2D eigenvalue weighted by atomic mass is 9.79. The van der Waals surface area contributed by atoms with Gasteiger partial charge in [0.05, 0.1) is 13.2 Å². The summed E-state index contributed by atoms with van der Waals surface area (Å²) in [6.45, 7) is 0. The van der Waals surface area contributed by atoms with Crippen molar-refractivity contribution in [1.29, 1.82) is 0 Å². The molecule has 17 heavy (non-hydrogen) atoms. The third-order valence-corrected chi connectivity index (χ3v) is 2.81. The smallest absolute Gasteiger partial charge is 0.492 e. The number of ether oxygens (including phenoxy) is 1. The van der Waals surface area contributed by atoms with Crippen molar-refractivity contribution in [1.82, 2.24) is 0 Å². The van der Waals surface area contributed by atoms with E-state index in [-0.39, 0.29) is 24.2 Å². The number of carbonyl (C=O) groups is 1. The number of hydrogen-bond donors (Lipinski definition) is 2. The average molecular weight is 236 g/mol. The molecule has 0 amide bonds. The first-order valence-corrected chi connectivity index (χ1v) is 5.35. The molecule has 0 radical (unpaired) electrons. The first kappa shape index (κ1) is 11.9. The van der Waals surface area contributed by atoms with Gasteiger partial charge >= 0.3 is 13.1 Å². The first-order valence-electron chi connectivity index (χ1n) is 5.35. The molecule has 0 spiro atoms. The maximum atomic E-state index is 11.0. The second-order valence-electron chi connectivity index (χ2n) is 3.91. The molecule has 1 aromatic carbocycles. The Morgan fingerprint density at radius 1 is 1.59 bits per heavy atom. The fraction of sp³-hybridized carbons (Fsp3) is 0.364. The van der Waals surface area contributed by atoms with Crippen LogP contribution in [-0.2, 0) is 14.2 Å². The highest BCUT2D eigenvalue weighted by Crippen LogP contribution is 2.29. The Kier molecular flexibility index (Phi) is 3.35. The number of methoxy groups -OCH3 is 1. The predicted molar refractivity (Wildman–Crippen MR) is 60.8 cm³/mol. The van der Waals surface area contributed by atoms with E-state index >= 15 is 0 Å². The summed E-state index contributed by atoms with van der Waals surface area (Å²) in [5.41, 5.74) is 1.36. The predicted octanol–water partition coefficient (Wildman–Crippen LogP) is 0.104. The quantitative estimate of drug-likeness (QED) is 0.575. The van der Waals surface area contributed by atoms with Crippen LogP contribution >= 0.6 is 0 Å². The van der Waals surface area contributed by atoms with E-state index in [0.29, 0.717) is 11.9 Å². The normalized spacial score (nSPS) is 18.0. The number of esters is 1. The van der Waals surface area contributed by atoms with Crippen LogP contribution in [0.4, 0.5) is 0 Å². The third kappa shape index (κ3) is 2.43. The number of phenols is 1. The van der Waals surface area contributed by atoms with Gasteiger partial charge in [-0.25, -0.2) is 0 Å². The molecule has 5 nitrogen and oxygen atoms in total. The van der Waals surface area contributed by atoms with Crippen molar-refractivity contribution in [3.8, 4) is 5.75 Å². The highest BCUT2D eigenvalue weighted by atomic mass is 16.5. The number of aromatic hydroxyl groups is 1. The zero-order valence-corrected chi connectivity index (χ0v) is 9.42. The van der Waals surface area contributed by atoms with Crippen LogP contribution in [0.5, 0.6) is 5.75 Å². The number of rotatable bonds is 3. The SMILES string of the molecule is COC(=O)CC[C@@H]1OB(O)c2cc(O)ccc21. The minimum Gasteiger partial charge on any atom is -0.508 e. The molecule has 1 atom stereocenters. The second-order valence-corrected chi connectivity index (χ2v) is 3.91. The first-order chi connectivity index (χ1) is 8.11. The van der Waals surface area contributed by atoms with Crippen LogP contribution in [0.2, 0.25) is 0 Å². The summed E-state index contributed by atoms with van der Waals surface area (Å²) < 4.78 is 9.87. The van der Waals surface area contributed by atoms with Crippen LogP contribution in [-0.4, -0.2) is 30.3 Å². The lowest BCUT2D eigenvalue weighted by Gasteiger charge is -2.11. The maximum absolute atomic E-state index is 11.0. The van der Waals surface area contributed by atoms with Gasteiger partial charge in [-0.2, -0.15) is 0 Å². The zero-order valence-electron chi connectivity index (χ0n) is 9.42. The highest BCUT2D eigenvalue weighted by molar-refractivity contribution is 6.61. The second kappa shape index (κ2) is 4.77. The number of carbonyl (C=O) groups excluding carboxylic acids is 1. The topological polar surface area (TPSA) is 76.0 Å². The van der Waals surface area contributed by atoms with E-state index in [4.69, 9.17) is 4.65 Å². The molecule has 90 valence electrons. The molecule has 0 unspecified atom stereocenters. The van der Waals surface area contributed by atoms with E-state index < -0.39 is 7.12 Å². The van der Waals surface area contributed by atoms with Crippen molar-refractivity contribution in [3.05, 3.63) is 23.8 Å². The molecule has 1 aromatic rings. The van der Waals surface area contributed by atoms with Crippen molar-refractivity contribution in [2.75, 3.05) is 7.11 Å². The monoisotopic (exact) mass is 236 g/mol. The van der Waals surface area contributed by atoms with Crippen LogP contribution in [0.15, 0.2) is 18.2 Å². The summed E-state index contributed by atoms with van der Waals surface area (Å²) in [7, 11) is 0.290. The molecule has 0 aliphatic carbocycles. The van der Waals surface area contributed by atoms with E-state index in [2.05, 4.69) is 4.74 Å². The molecule has 2 N–H and O–H groups in total. The summed E-state index contributed by atoms with van der Waals surface area (Å²) in [5.74, 6) is -0.227. The van der Waals surface area contributed by atoms with Crippen LogP contribution < -0.4 is 5.46 Å². The van der Waals surface area contributed by atoms with Crippen LogP contribution in [0.3, 0.4) is 0 Å². The van der Waals surface area contributed by atoms with Gasteiger partial charge < -0.3 is 19.5 Å². The van der Waals surface area contributed by atoms with Gasteiger partial charge in [0, 0.05) is 6.42 Å². The number of phenolic OH excluding ortho intramolecular Hbond substituents is 1. The summed E-state index contributed by atoms with van der Waals surface area (Å²) in [5, 5.41) is 19.0. The maximum Gasteiger partial charge on any atom is 0.492 e. The molecule has 2 rings (SSSR count). The largest absolute Gasteiger partial charge is 0.508 e. The minimum atomic E-state index is -1.04. The zero-order chi connectivity index (χ0) is 12.4. The van der Waals surface area contributed by atoms with Gasteiger partial charge in [0.15, 0.2) is 0 Å². The van der Waals surface area contributed by atoms with Gasteiger partial charge in [-0.1, -0.05) is 6.07 Å². The molecule has 6 heteroatoms. The fourth-order valence-corrected chi connectivity index (χ4v) is 1.95. The summed E-state index contributed by atoms with van der Waals surface area (Å²) in [6.07, 6.45) is 0.343. The Balaban J connectivity index is 2.11. The molecule has 1 heterocycles. The van der Waals surface area contributed by atoms with E-state index in [1.54, 1.807) is 6.07 Å². The minimum absolute atomic E-state index is 0.0833. The lowest BCUT2D eigenvalue weighted by Crippen LogP contribution is -2.27. The van der Waals surface area contributed by atoms with Crippen molar-refractivity contribution < 1.29 is 24.3 Å². The molecule has 0 saturated heterocycles. The van der Waals surface area contributed by atoms with Crippen molar-refractivity contribution in [2.45, 2.75) is 18.9 Å². The van der Waals surface area contributed by atoms with Gasteiger partial charge in [0.25, 0.3) is 0 Å². The third-order valence-electron chi connectivity index (χ3n) is 2.81. The molecule has 1 aliphatic heterocycles. The van der Waals surface area contributed by atoms with Crippen molar-refractivity contribution >= 4 is 18.6 Å². The van der Waals surface area contributed by atoms with Gasteiger partial charge in [0.1, 0.15) is 5.75 Å². The Morgan fingerprint density at radius 3 is 3.06 bits per heavy atom. The number of fused-ring (bicyclic) bond motifs is 1. The Morgan fingerprint density at radius 2 is 2.35 bits per heavy atom. The Hall–Kier alpha value is -1.53. The average Bonchev–Trinajstić information content (AvgIpc) is 2.63. The van der Waals surface area contributed by atoms with Crippen LogP contribution in [0, 0.1) is 0 Å².